The van der Waals surface area contributed by atoms with Gasteiger partial charge in [0.2, 0.25) is 5.88 Å². The molecule has 0 radical (unpaired) electrons. The average molecular weight is 300 g/mol. The molecule has 2 aromatic heterocycles. The minimum Gasteiger partial charge on any atom is -0.453 e. The van der Waals surface area contributed by atoms with E-state index >= 15 is 0 Å². The van der Waals surface area contributed by atoms with Gasteiger partial charge in [0.1, 0.15) is 18.2 Å². The molecule has 2 unspecified atom stereocenters. The molecule has 114 valence electrons. The van der Waals surface area contributed by atoms with Gasteiger partial charge in [-0.15, -0.1) is 0 Å². The Morgan fingerprint density at radius 2 is 2.23 bits per heavy atom. The Kier molecular flexibility index (Phi) is 2.36. The number of amides is 1. The van der Waals surface area contributed by atoms with Gasteiger partial charge < -0.3 is 9.47 Å². The predicted octanol–water partition coefficient (Wildman–Crippen LogP) is 1.34. The molecule has 2 saturated heterocycles. The van der Waals surface area contributed by atoms with Crippen LogP contribution in [-0.4, -0.2) is 43.5 Å². The quantitative estimate of drug-likeness (QED) is 0.837. The van der Waals surface area contributed by atoms with Crippen molar-refractivity contribution in [3.63, 3.8) is 0 Å². The lowest BCUT2D eigenvalue weighted by atomic mass is 9.79. The minimum atomic E-state index is -0.550. The molecule has 0 aromatic carbocycles. The number of carbonyl (C=O) groups excluding carboxylic acids is 1. The monoisotopic (exact) mass is 300 g/mol. The van der Waals surface area contributed by atoms with E-state index in [1.807, 2.05) is 18.2 Å². The Balaban J connectivity index is 1.44. The maximum absolute atomic E-state index is 12.7. The van der Waals surface area contributed by atoms with E-state index < -0.39 is 5.60 Å². The Labute approximate surface area is 126 Å². The van der Waals surface area contributed by atoms with Gasteiger partial charge in [0, 0.05) is 12.5 Å². The highest BCUT2D eigenvalue weighted by atomic mass is 16.6. The van der Waals surface area contributed by atoms with Crippen LogP contribution in [0.25, 0.3) is 5.65 Å². The first kappa shape index (κ1) is 12.4. The van der Waals surface area contributed by atoms with Gasteiger partial charge in [-0.1, -0.05) is 6.07 Å². The van der Waals surface area contributed by atoms with Gasteiger partial charge in [-0.25, -0.2) is 4.98 Å². The van der Waals surface area contributed by atoms with Gasteiger partial charge in [-0.2, -0.15) is 9.61 Å². The van der Waals surface area contributed by atoms with Crippen molar-refractivity contribution in [2.75, 3.05) is 0 Å². The largest absolute Gasteiger partial charge is 0.453 e. The van der Waals surface area contributed by atoms with Crippen molar-refractivity contribution in [1.29, 1.82) is 0 Å². The van der Waals surface area contributed by atoms with Crippen LogP contribution in [0.3, 0.4) is 0 Å². The molecule has 1 aliphatic carbocycles. The zero-order valence-corrected chi connectivity index (χ0v) is 12.0. The molecule has 22 heavy (non-hydrogen) atoms. The van der Waals surface area contributed by atoms with E-state index in [0.717, 1.165) is 37.8 Å². The smallest absolute Gasteiger partial charge is 0.259 e. The van der Waals surface area contributed by atoms with Gasteiger partial charge in [-0.3, -0.25) is 9.69 Å². The summed E-state index contributed by atoms with van der Waals surface area (Å²) in [7, 11) is 0. The highest BCUT2D eigenvalue weighted by Gasteiger charge is 2.60. The molecule has 7 nitrogen and oxygen atoms in total. The zero-order valence-electron chi connectivity index (χ0n) is 12.0. The lowest BCUT2D eigenvalue weighted by Gasteiger charge is -2.35. The summed E-state index contributed by atoms with van der Waals surface area (Å²) < 4.78 is 13.7. The Hall–Kier alpha value is -2.15. The molecule has 3 aliphatic rings. The number of carbonyl (C=O) groups is 1. The zero-order chi connectivity index (χ0) is 14.7. The first-order valence-electron chi connectivity index (χ1n) is 7.73. The summed E-state index contributed by atoms with van der Waals surface area (Å²) in [5, 5.41) is 4.17. The predicted molar refractivity (Wildman–Crippen MR) is 74.9 cm³/mol. The normalized spacial score (nSPS) is 29.1. The molecule has 0 N–H and O–H groups in total. The summed E-state index contributed by atoms with van der Waals surface area (Å²) >= 11 is 0. The molecule has 2 atom stereocenters. The third-order valence-corrected chi connectivity index (χ3v) is 4.95. The minimum absolute atomic E-state index is 0.0945. The van der Waals surface area contributed by atoms with Crippen LogP contribution in [0.4, 0.5) is 0 Å². The highest BCUT2D eigenvalue weighted by molar-refractivity contribution is 5.88. The summed E-state index contributed by atoms with van der Waals surface area (Å²) in [6.45, 7) is 0. The number of fused-ring (bicyclic) bond motifs is 2. The first-order chi connectivity index (χ1) is 10.8. The lowest BCUT2D eigenvalue weighted by Crippen LogP contribution is -2.49. The molecule has 7 heteroatoms. The topological polar surface area (TPSA) is 69.0 Å². The summed E-state index contributed by atoms with van der Waals surface area (Å²) in [4.78, 5) is 18.6. The molecule has 5 rings (SSSR count). The Morgan fingerprint density at radius 3 is 3.05 bits per heavy atom. The molecule has 0 bridgehead atoms. The third kappa shape index (κ3) is 1.51. The molecule has 2 aromatic rings. The van der Waals surface area contributed by atoms with Crippen molar-refractivity contribution < 1.29 is 14.3 Å². The molecule has 4 heterocycles. The first-order valence-corrected chi connectivity index (χ1v) is 7.73. The molecule has 1 spiro atoms. The van der Waals surface area contributed by atoms with Crippen LogP contribution in [0.15, 0.2) is 24.5 Å². The van der Waals surface area contributed by atoms with E-state index in [1.54, 1.807) is 9.42 Å². The molecule has 1 saturated carbocycles. The Morgan fingerprint density at radius 1 is 1.32 bits per heavy atom. The second-order valence-corrected chi connectivity index (χ2v) is 6.18. The standard InChI is InChI=1S/C15H16N4O3/c20-14-15(7-2-8-15)22-12-6-5-11(18(12)14)21-13-4-1-3-10-16-9-17-19(10)13/h1,3-4,9,11-12H,2,5-8H2. The molecule has 1 amide bonds. The van der Waals surface area contributed by atoms with E-state index in [-0.39, 0.29) is 18.4 Å². The van der Waals surface area contributed by atoms with Crippen molar-refractivity contribution in [2.24, 2.45) is 0 Å². The number of pyridine rings is 1. The van der Waals surface area contributed by atoms with Crippen LogP contribution in [0.5, 0.6) is 5.88 Å². The van der Waals surface area contributed by atoms with E-state index in [1.165, 1.54) is 6.33 Å². The van der Waals surface area contributed by atoms with Crippen LogP contribution in [0.2, 0.25) is 0 Å². The van der Waals surface area contributed by atoms with E-state index in [2.05, 4.69) is 10.1 Å². The number of hydrogen-bond acceptors (Lipinski definition) is 5. The Bertz CT molecular complexity index is 754. The van der Waals surface area contributed by atoms with Crippen LogP contribution in [-0.2, 0) is 9.53 Å². The van der Waals surface area contributed by atoms with Crippen LogP contribution in [0.1, 0.15) is 32.1 Å². The van der Waals surface area contributed by atoms with Gasteiger partial charge in [-0.05, 0) is 31.7 Å². The number of ether oxygens (including phenoxy) is 2. The van der Waals surface area contributed by atoms with Gasteiger partial charge in [0.05, 0.1) is 0 Å². The van der Waals surface area contributed by atoms with E-state index in [0.29, 0.717) is 5.88 Å². The van der Waals surface area contributed by atoms with Crippen molar-refractivity contribution in [1.82, 2.24) is 19.5 Å². The van der Waals surface area contributed by atoms with E-state index in [9.17, 15) is 4.79 Å². The average Bonchev–Trinajstić information content (AvgIpc) is 3.14. The van der Waals surface area contributed by atoms with Crippen LogP contribution >= 0.6 is 0 Å². The summed E-state index contributed by atoms with van der Waals surface area (Å²) in [6, 6.07) is 5.59. The molecular weight excluding hydrogens is 284 g/mol. The third-order valence-electron chi connectivity index (χ3n) is 4.95. The SMILES string of the molecule is O=C1N2C(Oc3cccc4ncnn34)CCC2OC12CCC2. The number of rotatable bonds is 2. The maximum Gasteiger partial charge on any atom is 0.259 e. The summed E-state index contributed by atoms with van der Waals surface area (Å²) in [6.07, 6.45) is 5.42. The fourth-order valence-corrected chi connectivity index (χ4v) is 3.67. The lowest BCUT2D eigenvalue weighted by molar-refractivity contribution is -0.148. The van der Waals surface area contributed by atoms with Gasteiger partial charge in [0.25, 0.3) is 5.91 Å². The summed E-state index contributed by atoms with van der Waals surface area (Å²) in [5.41, 5.74) is 0.179. The second-order valence-electron chi connectivity index (χ2n) is 6.18. The van der Waals surface area contributed by atoms with E-state index in [4.69, 9.17) is 9.47 Å². The maximum atomic E-state index is 12.7. The summed E-state index contributed by atoms with van der Waals surface area (Å²) in [5.74, 6) is 0.694. The molecular formula is C15H16N4O3. The number of aromatic nitrogens is 3. The molecule has 2 aliphatic heterocycles. The number of nitrogens with zero attached hydrogens (tertiary/aromatic N) is 4. The van der Waals surface area contributed by atoms with Crippen molar-refractivity contribution in [2.45, 2.75) is 50.2 Å². The second kappa shape index (κ2) is 4.19. The van der Waals surface area contributed by atoms with Gasteiger partial charge >= 0.3 is 0 Å². The van der Waals surface area contributed by atoms with Gasteiger partial charge in [0.15, 0.2) is 11.9 Å². The molecule has 3 fully saturated rings. The van der Waals surface area contributed by atoms with Crippen molar-refractivity contribution >= 4 is 11.6 Å². The van der Waals surface area contributed by atoms with Crippen LogP contribution in [0, 0.1) is 0 Å². The fourth-order valence-electron chi connectivity index (χ4n) is 3.67. The fraction of sp³-hybridized carbons (Fsp3) is 0.533. The van der Waals surface area contributed by atoms with Crippen LogP contribution < -0.4 is 4.74 Å². The highest BCUT2D eigenvalue weighted by Crippen LogP contribution is 2.47. The van der Waals surface area contributed by atoms with Crippen molar-refractivity contribution in [3.8, 4) is 5.88 Å². The number of hydrogen-bond donors (Lipinski definition) is 0. The van der Waals surface area contributed by atoms with Crippen molar-refractivity contribution in [3.05, 3.63) is 24.5 Å².